The van der Waals surface area contributed by atoms with Gasteiger partial charge in [-0.05, 0) is 67.5 Å². The predicted octanol–water partition coefficient (Wildman–Crippen LogP) is 2.68. The molecule has 0 aliphatic carbocycles. The Morgan fingerprint density at radius 3 is 2.89 bits per heavy atom. The molecule has 0 spiro atoms. The maximum Gasteiger partial charge on any atom is 0.251 e. The monoisotopic (exact) mass is 375 g/mol. The molecular weight excluding hydrogens is 357 g/mol. The second kappa shape index (κ2) is 5.66. The molecule has 1 aromatic carbocycles. The molecule has 1 amide bonds. The number of nitrogens with one attached hydrogen (secondary N) is 1. The summed E-state index contributed by atoms with van der Waals surface area (Å²) in [5, 5.41) is 12.6. The predicted molar refractivity (Wildman–Crippen MR) is 81.3 cm³/mol. The largest absolute Gasteiger partial charge is 0.507 e. The van der Waals surface area contributed by atoms with Crippen LogP contribution in [0.4, 0.5) is 0 Å². The fourth-order valence-electron chi connectivity index (χ4n) is 2.28. The average molecular weight is 375 g/mol. The lowest BCUT2D eigenvalue weighted by Gasteiger charge is -2.35. The van der Waals surface area contributed by atoms with Gasteiger partial charge in [-0.15, -0.1) is 0 Å². The molecule has 1 saturated heterocycles. The molecule has 1 aliphatic rings. The molecule has 1 heterocycles. The Hall–Kier alpha value is -0.820. The summed E-state index contributed by atoms with van der Waals surface area (Å²) >= 11 is 2.03. The van der Waals surface area contributed by atoms with Crippen molar-refractivity contribution in [2.24, 2.45) is 0 Å². The number of aromatic hydroxyl groups is 1. The fraction of sp³-hybridized carbons (Fsp3) is 0.500. The van der Waals surface area contributed by atoms with Crippen molar-refractivity contribution in [3.05, 3.63) is 27.3 Å². The third kappa shape index (κ3) is 3.82. The zero-order valence-electron chi connectivity index (χ0n) is 11.1. The van der Waals surface area contributed by atoms with E-state index in [2.05, 4.69) is 5.32 Å². The van der Waals surface area contributed by atoms with E-state index >= 15 is 0 Å². The highest BCUT2D eigenvalue weighted by Gasteiger charge is 2.29. The van der Waals surface area contributed by atoms with Gasteiger partial charge in [0.05, 0.1) is 9.17 Å². The first-order valence-corrected chi connectivity index (χ1v) is 7.39. The van der Waals surface area contributed by atoms with Crippen molar-refractivity contribution in [3.63, 3.8) is 0 Å². The lowest BCUT2D eigenvalue weighted by Crippen LogP contribution is -2.45. The van der Waals surface area contributed by atoms with E-state index in [0.29, 0.717) is 12.2 Å². The van der Waals surface area contributed by atoms with E-state index in [0.717, 1.165) is 16.4 Å². The molecule has 2 rings (SSSR count). The van der Waals surface area contributed by atoms with E-state index in [1.54, 1.807) is 12.1 Å². The Morgan fingerprint density at radius 2 is 2.26 bits per heavy atom. The van der Waals surface area contributed by atoms with Gasteiger partial charge in [0.25, 0.3) is 5.91 Å². The van der Waals surface area contributed by atoms with Crippen LogP contribution in [0.15, 0.2) is 18.2 Å². The SMILES string of the molecule is CC1(C)CC(NC(=O)c2ccc(I)c(O)c2)CCO1. The first kappa shape index (κ1) is 14.6. The number of phenols is 1. The molecule has 104 valence electrons. The maximum absolute atomic E-state index is 12.1. The van der Waals surface area contributed by atoms with Crippen LogP contribution >= 0.6 is 22.6 Å². The number of benzene rings is 1. The average Bonchev–Trinajstić information content (AvgIpc) is 2.31. The lowest BCUT2D eigenvalue weighted by atomic mass is 9.94. The number of carbonyl (C=O) groups excluding carboxylic acids is 1. The Morgan fingerprint density at radius 1 is 1.53 bits per heavy atom. The Balaban J connectivity index is 2.02. The Bertz CT molecular complexity index is 488. The van der Waals surface area contributed by atoms with Gasteiger partial charge in [-0.1, -0.05) is 0 Å². The second-order valence-electron chi connectivity index (χ2n) is 5.44. The summed E-state index contributed by atoms with van der Waals surface area (Å²) in [7, 11) is 0. The minimum Gasteiger partial charge on any atom is -0.507 e. The maximum atomic E-state index is 12.1. The Kier molecular flexibility index (Phi) is 4.35. The number of hydrogen-bond donors (Lipinski definition) is 2. The summed E-state index contributed by atoms with van der Waals surface area (Å²) in [4.78, 5) is 12.1. The van der Waals surface area contributed by atoms with Crippen LogP contribution < -0.4 is 5.32 Å². The van der Waals surface area contributed by atoms with Gasteiger partial charge >= 0.3 is 0 Å². The fourth-order valence-corrected chi connectivity index (χ4v) is 2.61. The molecule has 0 bridgehead atoms. The number of ether oxygens (including phenoxy) is 1. The molecule has 1 unspecified atom stereocenters. The van der Waals surface area contributed by atoms with Crippen molar-refractivity contribution >= 4 is 28.5 Å². The van der Waals surface area contributed by atoms with Crippen molar-refractivity contribution in [2.45, 2.75) is 38.3 Å². The third-order valence-corrected chi connectivity index (χ3v) is 4.15. The van der Waals surface area contributed by atoms with Gasteiger partial charge < -0.3 is 15.2 Å². The molecule has 1 aromatic rings. The normalized spacial score (nSPS) is 21.9. The van der Waals surface area contributed by atoms with Crippen LogP contribution in [0.1, 0.15) is 37.0 Å². The molecule has 1 aliphatic heterocycles. The molecule has 2 N–H and O–H groups in total. The molecule has 4 nitrogen and oxygen atoms in total. The van der Waals surface area contributed by atoms with Crippen molar-refractivity contribution in [2.75, 3.05) is 6.61 Å². The van der Waals surface area contributed by atoms with Crippen LogP contribution in [0.25, 0.3) is 0 Å². The highest BCUT2D eigenvalue weighted by molar-refractivity contribution is 14.1. The van der Waals surface area contributed by atoms with E-state index in [-0.39, 0.29) is 23.3 Å². The number of hydrogen-bond acceptors (Lipinski definition) is 3. The van der Waals surface area contributed by atoms with Crippen LogP contribution in [0, 0.1) is 3.57 Å². The van der Waals surface area contributed by atoms with Crippen LogP contribution in [0.3, 0.4) is 0 Å². The molecule has 0 radical (unpaired) electrons. The Labute approximate surface area is 126 Å². The van der Waals surface area contributed by atoms with Crippen molar-refractivity contribution in [3.8, 4) is 5.75 Å². The highest BCUT2D eigenvalue weighted by atomic mass is 127. The van der Waals surface area contributed by atoms with Gasteiger partial charge in [-0.25, -0.2) is 0 Å². The number of carbonyl (C=O) groups is 1. The summed E-state index contributed by atoms with van der Waals surface area (Å²) in [6.45, 7) is 4.72. The van der Waals surface area contributed by atoms with Crippen molar-refractivity contribution in [1.29, 1.82) is 0 Å². The summed E-state index contributed by atoms with van der Waals surface area (Å²) in [5.41, 5.74) is 0.298. The summed E-state index contributed by atoms with van der Waals surface area (Å²) in [6.07, 6.45) is 1.63. The van der Waals surface area contributed by atoms with Gasteiger partial charge in [-0.3, -0.25) is 4.79 Å². The van der Waals surface area contributed by atoms with Gasteiger partial charge in [-0.2, -0.15) is 0 Å². The van der Waals surface area contributed by atoms with Crippen LogP contribution in [0.5, 0.6) is 5.75 Å². The molecular formula is C14H18INO3. The van der Waals surface area contributed by atoms with Gasteiger partial charge in [0.1, 0.15) is 5.75 Å². The summed E-state index contributed by atoms with van der Waals surface area (Å²) in [6, 6.07) is 5.08. The van der Waals surface area contributed by atoms with E-state index < -0.39 is 0 Å². The van der Waals surface area contributed by atoms with Crippen molar-refractivity contribution in [1.82, 2.24) is 5.32 Å². The van der Waals surface area contributed by atoms with E-state index in [9.17, 15) is 9.90 Å². The molecule has 1 fully saturated rings. The zero-order chi connectivity index (χ0) is 14.0. The number of rotatable bonds is 2. The van der Waals surface area contributed by atoms with Gasteiger partial charge in [0, 0.05) is 18.2 Å². The first-order chi connectivity index (χ1) is 8.87. The number of phenolic OH excluding ortho intramolecular Hbond substituents is 1. The smallest absolute Gasteiger partial charge is 0.251 e. The van der Waals surface area contributed by atoms with Gasteiger partial charge in [0.15, 0.2) is 0 Å². The topological polar surface area (TPSA) is 58.6 Å². The number of halogens is 1. The minimum atomic E-state index is -0.190. The summed E-state index contributed by atoms with van der Waals surface area (Å²) < 4.78 is 6.36. The minimum absolute atomic E-state index is 0.123. The van der Waals surface area contributed by atoms with Crippen LogP contribution in [-0.2, 0) is 4.74 Å². The van der Waals surface area contributed by atoms with Crippen LogP contribution in [-0.4, -0.2) is 29.3 Å². The molecule has 0 saturated carbocycles. The number of amides is 1. The van der Waals surface area contributed by atoms with Crippen molar-refractivity contribution < 1.29 is 14.6 Å². The molecule has 19 heavy (non-hydrogen) atoms. The van der Waals surface area contributed by atoms with E-state index in [4.69, 9.17) is 4.74 Å². The molecule has 0 aromatic heterocycles. The summed E-state index contributed by atoms with van der Waals surface area (Å²) in [5.74, 6) is -0.00467. The second-order valence-corrected chi connectivity index (χ2v) is 6.60. The zero-order valence-corrected chi connectivity index (χ0v) is 13.2. The first-order valence-electron chi connectivity index (χ1n) is 6.31. The van der Waals surface area contributed by atoms with E-state index in [1.165, 1.54) is 6.07 Å². The van der Waals surface area contributed by atoms with Gasteiger partial charge in [0.2, 0.25) is 0 Å². The van der Waals surface area contributed by atoms with Crippen LogP contribution in [0.2, 0.25) is 0 Å². The standard InChI is InChI=1S/C14H18INO3/c1-14(2)8-10(5-6-19-14)16-13(18)9-3-4-11(15)12(17)7-9/h3-4,7,10,17H,5-6,8H2,1-2H3,(H,16,18). The molecule has 1 atom stereocenters. The highest BCUT2D eigenvalue weighted by Crippen LogP contribution is 2.25. The molecule has 5 heteroatoms. The lowest BCUT2D eigenvalue weighted by molar-refractivity contribution is -0.0615. The van der Waals surface area contributed by atoms with E-state index in [1.807, 2.05) is 36.4 Å². The third-order valence-electron chi connectivity index (χ3n) is 3.24. The quantitative estimate of drug-likeness (QED) is 0.782.